The number of halogens is 1. The van der Waals surface area contributed by atoms with Crippen LogP contribution in [0.1, 0.15) is 12.8 Å². The van der Waals surface area contributed by atoms with Crippen LogP contribution in [0.15, 0.2) is 17.0 Å². The Bertz CT molecular complexity index is 349. The molecular formula is C9H10BrN3O2. The lowest BCUT2D eigenvalue weighted by atomic mass is 10.2. The van der Waals surface area contributed by atoms with Gasteiger partial charge in [-0.05, 0) is 28.8 Å². The Morgan fingerprint density at radius 3 is 3.00 bits per heavy atom. The van der Waals surface area contributed by atoms with Gasteiger partial charge in [0, 0.05) is 6.61 Å². The van der Waals surface area contributed by atoms with Gasteiger partial charge in [0.25, 0.3) is 5.91 Å². The van der Waals surface area contributed by atoms with Crippen LogP contribution in [0.5, 0.6) is 0 Å². The highest BCUT2D eigenvalue weighted by Crippen LogP contribution is 2.14. The number of carbonyl (C=O) groups is 1. The SMILES string of the molecule is O=C(Nc1cnc(Br)cn1)[C@H]1CCCO1. The molecule has 6 heteroatoms. The fourth-order valence-corrected chi connectivity index (χ4v) is 1.57. The molecule has 0 radical (unpaired) electrons. The van der Waals surface area contributed by atoms with Gasteiger partial charge < -0.3 is 10.1 Å². The minimum atomic E-state index is -0.338. The molecule has 0 aromatic carbocycles. The maximum absolute atomic E-state index is 11.6. The van der Waals surface area contributed by atoms with Gasteiger partial charge in [-0.2, -0.15) is 0 Å². The molecule has 1 aromatic heterocycles. The first kappa shape index (κ1) is 10.5. The van der Waals surface area contributed by atoms with Crippen LogP contribution in [0.4, 0.5) is 5.82 Å². The van der Waals surface area contributed by atoms with Crippen molar-refractivity contribution < 1.29 is 9.53 Å². The Morgan fingerprint density at radius 2 is 2.40 bits per heavy atom. The summed E-state index contributed by atoms with van der Waals surface area (Å²) in [5.41, 5.74) is 0. The molecule has 1 atom stereocenters. The standard InChI is InChI=1S/C9H10BrN3O2/c10-7-4-12-8(5-11-7)13-9(14)6-2-1-3-15-6/h4-6H,1-3H2,(H,12,13,14)/t6-/m1/s1. The molecule has 0 spiro atoms. The van der Waals surface area contributed by atoms with Crippen molar-refractivity contribution in [3.8, 4) is 0 Å². The molecule has 1 aliphatic heterocycles. The third-order valence-electron chi connectivity index (χ3n) is 2.09. The highest BCUT2D eigenvalue weighted by atomic mass is 79.9. The van der Waals surface area contributed by atoms with Crippen molar-refractivity contribution in [1.29, 1.82) is 0 Å². The first-order chi connectivity index (χ1) is 7.25. The van der Waals surface area contributed by atoms with Gasteiger partial charge in [-0.3, -0.25) is 4.79 Å². The van der Waals surface area contributed by atoms with Crippen LogP contribution in [0.25, 0.3) is 0 Å². The van der Waals surface area contributed by atoms with Gasteiger partial charge in [0.15, 0.2) is 5.82 Å². The van der Waals surface area contributed by atoms with E-state index in [1.807, 2.05) is 0 Å². The molecule has 1 amide bonds. The molecule has 2 heterocycles. The molecule has 2 rings (SSSR count). The van der Waals surface area contributed by atoms with Crippen LogP contribution in [0, 0.1) is 0 Å². The first-order valence-corrected chi connectivity index (χ1v) is 5.45. The zero-order chi connectivity index (χ0) is 10.7. The zero-order valence-corrected chi connectivity index (χ0v) is 9.53. The van der Waals surface area contributed by atoms with Crippen molar-refractivity contribution in [3.05, 3.63) is 17.0 Å². The lowest BCUT2D eigenvalue weighted by Gasteiger charge is -2.08. The third-order valence-corrected chi connectivity index (χ3v) is 2.50. The number of carbonyl (C=O) groups excluding carboxylic acids is 1. The van der Waals surface area contributed by atoms with E-state index < -0.39 is 0 Å². The number of nitrogens with zero attached hydrogens (tertiary/aromatic N) is 2. The van der Waals surface area contributed by atoms with Crippen molar-refractivity contribution in [2.24, 2.45) is 0 Å². The van der Waals surface area contributed by atoms with Gasteiger partial charge in [0.2, 0.25) is 0 Å². The fraction of sp³-hybridized carbons (Fsp3) is 0.444. The molecule has 1 N–H and O–H groups in total. The Morgan fingerprint density at radius 1 is 1.53 bits per heavy atom. The van der Waals surface area contributed by atoms with Crippen molar-refractivity contribution in [2.75, 3.05) is 11.9 Å². The van der Waals surface area contributed by atoms with Gasteiger partial charge >= 0.3 is 0 Å². The average Bonchev–Trinajstić information content (AvgIpc) is 2.74. The van der Waals surface area contributed by atoms with Crippen LogP contribution in [0.2, 0.25) is 0 Å². The molecule has 1 fully saturated rings. The minimum absolute atomic E-state index is 0.149. The molecule has 5 nitrogen and oxygen atoms in total. The normalized spacial score (nSPS) is 20.2. The van der Waals surface area contributed by atoms with E-state index in [2.05, 4.69) is 31.2 Å². The smallest absolute Gasteiger partial charge is 0.254 e. The third kappa shape index (κ3) is 2.73. The van der Waals surface area contributed by atoms with Crippen molar-refractivity contribution >= 4 is 27.7 Å². The van der Waals surface area contributed by atoms with E-state index in [1.54, 1.807) is 0 Å². The second-order valence-corrected chi connectivity index (χ2v) is 4.03. The summed E-state index contributed by atoms with van der Waals surface area (Å²) < 4.78 is 5.88. The van der Waals surface area contributed by atoms with Crippen LogP contribution in [-0.4, -0.2) is 28.6 Å². The van der Waals surface area contributed by atoms with E-state index in [0.29, 0.717) is 17.0 Å². The quantitative estimate of drug-likeness (QED) is 0.882. The van der Waals surface area contributed by atoms with E-state index in [0.717, 1.165) is 12.8 Å². The molecule has 1 saturated heterocycles. The molecule has 0 saturated carbocycles. The second kappa shape index (κ2) is 4.67. The van der Waals surface area contributed by atoms with E-state index in [1.165, 1.54) is 12.4 Å². The number of nitrogens with one attached hydrogen (secondary N) is 1. The summed E-state index contributed by atoms with van der Waals surface area (Å²) >= 11 is 3.17. The lowest BCUT2D eigenvalue weighted by molar-refractivity contribution is -0.124. The summed E-state index contributed by atoms with van der Waals surface area (Å²) in [6, 6.07) is 0. The Labute approximate surface area is 95.4 Å². The molecule has 0 aliphatic carbocycles. The molecule has 1 aromatic rings. The van der Waals surface area contributed by atoms with Crippen molar-refractivity contribution in [1.82, 2.24) is 9.97 Å². The Kier molecular flexibility index (Phi) is 3.27. The number of hydrogen-bond donors (Lipinski definition) is 1. The van der Waals surface area contributed by atoms with Gasteiger partial charge in [-0.25, -0.2) is 9.97 Å². The van der Waals surface area contributed by atoms with Gasteiger partial charge in [-0.1, -0.05) is 0 Å². The van der Waals surface area contributed by atoms with E-state index in [-0.39, 0.29) is 12.0 Å². The summed E-state index contributed by atoms with van der Waals surface area (Å²) in [6.45, 7) is 0.657. The Balaban J connectivity index is 1.96. The van der Waals surface area contributed by atoms with Crippen LogP contribution in [-0.2, 0) is 9.53 Å². The molecular weight excluding hydrogens is 262 g/mol. The van der Waals surface area contributed by atoms with Crippen molar-refractivity contribution in [2.45, 2.75) is 18.9 Å². The maximum atomic E-state index is 11.6. The summed E-state index contributed by atoms with van der Waals surface area (Å²) in [6.07, 6.45) is 4.40. The average molecular weight is 272 g/mol. The Hall–Kier alpha value is -1.01. The van der Waals surface area contributed by atoms with Crippen LogP contribution >= 0.6 is 15.9 Å². The van der Waals surface area contributed by atoms with Gasteiger partial charge in [-0.15, -0.1) is 0 Å². The van der Waals surface area contributed by atoms with Crippen LogP contribution in [0.3, 0.4) is 0 Å². The summed E-state index contributed by atoms with van der Waals surface area (Å²) in [5.74, 6) is 0.294. The lowest BCUT2D eigenvalue weighted by Crippen LogP contribution is -2.27. The monoisotopic (exact) mass is 271 g/mol. The number of rotatable bonds is 2. The first-order valence-electron chi connectivity index (χ1n) is 4.66. The summed E-state index contributed by atoms with van der Waals surface area (Å²) in [5, 5.41) is 2.65. The predicted molar refractivity (Wildman–Crippen MR) is 57.3 cm³/mol. The largest absolute Gasteiger partial charge is 0.368 e. The molecule has 15 heavy (non-hydrogen) atoms. The maximum Gasteiger partial charge on any atom is 0.254 e. The van der Waals surface area contributed by atoms with E-state index in [9.17, 15) is 4.79 Å². The number of anilines is 1. The second-order valence-electron chi connectivity index (χ2n) is 3.22. The van der Waals surface area contributed by atoms with Gasteiger partial charge in [0.1, 0.15) is 10.7 Å². The number of hydrogen-bond acceptors (Lipinski definition) is 4. The molecule has 1 aliphatic rings. The highest BCUT2D eigenvalue weighted by Gasteiger charge is 2.23. The topological polar surface area (TPSA) is 64.1 Å². The predicted octanol–water partition coefficient (Wildman–Crippen LogP) is 1.36. The highest BCUT2D eigenvalue weighted by molar-refractivity contribution is 9.10. The van der Waals surface area contributed by atoms with E-state index in [4.69, 9.17) is 4.74 Å². The molecule has 80 valence electrons. The fourth-order valence-electron chi connectivity index (χ4n) is 1.37. The number of amides is 1. The molecule has 0 bridgehead atoms. The van der Waals surface area contributed by atoms with Crippen molar-refractivity contribution in [3.63, 3.8) is 0 Å². The van der Waals surface area contributed by atoms with Gasteiger partial charge in [0.05, 0.1) is 12.4 Å². The molecule has 0 unspecified atom stereocenters. The zero-order valence-electron chi connectivity index (χ0n) is 7.94. The van der Waals surface area contributed by atoms with Crippen LogP contribution < -0.4 is 5.32 Å². The number of aromatic nitrogens is 2. The number of ether oxygens (including phenoxy) is 1. The summed E-state index contributed by atoms with van der Waals surface area (Å²) in [4.78, 5) is 19.5. The van der Waals surface area contributed by atoms with E-state index >= 15 is 0 Å². The minimum Gasteiger partial charge on any atom is -0.368 e. The summed E-state index contributed by atoms with van der Waals surface area (Å²) in [7, 11) is 0.